The third-order valence-corrected chi connectivity index (χ3v) is 3.58. The molecule has 0 saturated heterocycles. The number of halogens is 1. The number of rotatable bonds is 5. The Morgan fingerprint density at radius 3 is 2.68 bits per heavy atom. The van der Waals surface area contributed by atoms with E-state index in [9.17, 15) is 9.18 Å². The highest BCUT2D eigenvalue weighted by Gasteiger charge is 2.20. The third kappa shape index (κ3) is 3.62. The van der Waals surface area contributed by atoms with Crippen molar-refractivity contribution >= 4 is 17.3 Å². The van der Waals surface area contributed by atoms with E-state index in [1.54, 1.807) is 23.5 Å². The van der Waals surface area contributed by atoms with Crippen LogP contribution >= 0.6 is 11.3 Å². The van der Waals surface area contributed by atoms with Gasteiger partial charge in [0.2, 0.25) is 0 Å². The fourth-order valence-corrected chi connectivity index (χ4v) is 2.38. The molecule has 1 unspecified atom stereocenters. The van der Waals surface area contributed by atoms with Crippen LogP contribution in [0.4, 0.5) is 4.39 Å². The molecule has 100 valence electrons. The van der Waals surface area contributed by atoms with E-state index in [0.29, 0.717) is 12.1 Å². The largest absolute Gasteiger partial charge is 0.468 e. The summed E-state index contributed by atoms with van der Waals surface area (Å²) in [5, 5.41) is 5.10. The normalized spacial score (nSPS) is 12.1. The molecular formula is C14H14FNO2S. The quantitative estimate of drug-likeness (QED) is 0.855. The second-order valence-corrected chi connectivity index (χ2v) is 5.00. The first-order valence-electron chi connectivity index (χ1n) is 5.80. The number of nitrogens with one attached hydrogen (secondary N) is 1. The van der Waals surface area contributed by atoms with Crippen molar-refractivity contribution in [2.45, 2.75) is 12.6 Å². The van der Waals surface area contributed by atoms with Crippen molar-refractivity contribution in [3.8, 4) is 0 Å². The van der Waals surface area contributed by atoms with Crippen LogP contribution in [-0.4, -0.2) is 13.1 Å². The zero-order valence-corrected chi connectivity index (χ0v) is 11.2. The summed E-state index contributed by atoms with van der Waals surface area (Å²) in [6.45, 7) is 0.564. The van der Waals surface area contributed by atoms with Crippen molar-refractivity contribution in [1.82, 2.24) is 5.32 Å². The lowest BCUT2D eigenvalue weighted by molar-refractivity contribution is -0.143. The summed E-state index contributed by atoms with van der Waals surface area (Å²) in [5.41, 5.74) is 0.685. The Bertz CT molecular complexity index is 525. The lowest BCUT2D eigenvalue weighted by Crippen LogP contribution is -2.29. The van der Waals surface area contributed by atoms with E-state index < -0.39 is 6.04 Å². The molecule has 0 spiro atoms. The maximum atomic E-state index is 12.9. The van der Waals surface area contributed by atoms with Gasteiger partial charge < -0.3 is 4.74 Å². The summed E-state index contributed by atoms with van der Waals surface area (Å²) in [6.07, 6.45) is 0. The van der Waals surface area contributed by atoms with Crippen LogP contribution in [0.3, 0.4) is 0 Å². The van der Waals surface area contributed by atoms with Crippen molar-refractivity contribution in [1.29, 1.82) is 0 Å². The molecule has 0 bridgehead atoms. The second kappa shape index (κ2) is 6.45. The van der Waals surface area contributed by atoms with Gasteiger partial charge in [-0.15, -0.1) is 11.3 Å². The predicted octanol–water partition coefficient (Wildman–Crippen LogP) is 2.89. The van der Waals surface area contributed by atoms with Crippen LogP contribution < -0.4 is 5.32 Å². The Hall–Kier alpha value is -1.72. The molecule has 5 heteroatoms. The number of hydrogen-bond donors (Lipinski definition) is 1. The van der Waals surface area contributed by atoms with E-state index in [4.69, 9.17) is 4.74 Å². The number of thiophene rings is 1. The van der Waals surface area contributed by atoms with E-state index in [1.807, 2.05) is 17.5 Å². The monoisotopic (exact) mass is 279 g/mol. The molecule has 1 atom stereocenters. The highest BCUT2D eigenvalue weighted by molar-refractivity contribution is 7.09. The van der Waals surface area contributed by atoms with Gasteiger partial charge in [0, 0.05) is 11.4 Å². The molecule has 0 saturated carbocycles. The van der Waals surface area contributed by atoms with Crippen LogP contribution in [0, 0.1) is 5.82 Å². The summed E-state index contributed by atoms with van der Waals surface area (Å²) >= 11 is 1.61. The number of benzene rings is 1. The molecule has 1 aromatic carbocycles. The summed E-state index contributed by atoms with van der Waals surface area (Å²) in [7, 11) is 1.34. The van der Waals surface area contributed by atoms with Crippen LogP contribution in [0.25, 0.3) is 0 Å². The maximum absolute atomic E-state index is 12.9. The molecule has 0 fully saturated rings. The molecule has 3 nitrogen and oxygen atoms in total. The Morgan fingerprint density at radius 2 is 2.11 bits per heavy atom. The molecular weight excluding hydrogens is 265 g/mol. The first-order chi connectivity index (χ1) is 9.20. The van der Waals surface area contributed by atoms with Crippen molar-refractivity contribution in [2.24, 2.45) is 0 Å². The number of carbonyl (C=O) groups excluding carboxylic acids is 1. The summed E-state index contributed by atoms with van der Waals surface area (Å²) in [6, 6.07) is 9.17. The lowest BCUT2D eigenvalue weighted by atomic mass is 10.1. The van der Waals surface area contributed by atoms with Crippen LogP contribution in [0.5, 0.6) is 0 Å². The van der Waals surface area contributed by atoms with Crippen LogP contribution in [0.15, 0.2) is 41.8 Å². The van der Waals surface area contributed by atoms with Gasteiger partial charge in [0.25, 0.3) is 0 Å². The van der Waals surface area contributed by atoms with Gasteiger partial charge in [0.05, 0.1) is 7.11 Å². The van der Waals surface area contributed by atoms with Gasteiger partial charge in [-0.2, -0.15) is 0 Å². The van der Waals surface area contributed by atoms with E-state index in [0.717, 1.165) is 4.88 Å². The standard InChI is InChI=1S/C14H14FNO2S/c1-18-14(17)13(10-4-6-11(15)7-5-10)16-9-12-3-2-8-19-12/h2-8,13,16H,9H2,1H3. The fraction of sp³-hybridized carbons (Fsp3) is 0.214. The highest BCUT2D eigenvalue weighted by Crippen LogP contribution is 2.17. The van der Waals surface area contributed by atoms with Crippen LogP contribution in [0.2, 0.25) is 0 Å². The topological polar surface area (TPSA) is 38.3 Å². The zero-order valence-electron chi connectivity index (χ0n) is 10.4. The van der Waals surface area contributed by atoms with Gasteiger partial charge in [0.15, 0.2) is 0 Å². The molecule has 19 heavy (non-hydrogen) atoms. The molecule has 0 aliphatic rings. The molecule has 2 aromatic rings. The first kappa shape index (κ1) is 13.7. The van der Waals surface area contributed by atoms with Gasteiger partial charge in [-0.3, -0.25) is 5.32 Å². The second-order valence-electron chi connectivity index (χ2n) is 3.97. The lowest BCUT2D eigenvalue weighted by Gasteiger charge is -2.16. The highest BCUT2D eigenvalue weighted by atomic mass is 32.1. The number of carbonyl (C=O) groups is 1. The summed E-state index contributed by atoms with van der Waals surface area (Å²) in [4.78, 5) is 12.9. The van der Waals surface area contributed by atoms with Gasteiger partial charge in [-0.25, -0.2) is 9.18 Å². The predicted molar refractivity (Wildman–Crippen MR) is 72.3 cm³/mol. The smallest absolute Gasteiger partial charge is 0.327 e. The van der Waals surface area contributed by atoms with Gasteiger partial charge in [-0.1, -0.05) is 18.2 Å². The number of esters is 1. The third-order valence-electron chi connectivity index (χ3n) is 2.70. The Kier molecular flexibility index (Phi) is 4.65. The zero-order chi connectivity index (χ0) is 13.7. The van der Waals surface area contributed by atoms with E-state index >= 15 is 0 Å². The molecule has 1 N–H and O–H groups in total. The Labute approximate surface area is 115 Å². The summed E-state index contributed by atoms with van der Waals surface area (Å²) < 4.78 is 17.7. The molecule has 0 amide bonds. The van der Waals surface area contributed by atoms with Gasteiger partial charge >= 0.3 is 5.97 Å². The minimum atomic E-state index is -0.590. The van der Waals surface area contributed by atoms with Gasteiger partial charge in [-0.05, 0) is 29.1 Å². The number of ether oxygens (including phenoxy) is 1. The van der Waals surface area contributed by atoms with Crippen LogP contribution in [0.1, 0.15) is 16.5 Å². The van der Waals surface area contributed by atoms with Crippen molar-refractivity contribution < 1.29 is 13.9 Å². The minimum Gasteiger partial charge on any atom is -0.468 e. The molecule has 1 heterocycles. The van der Waals surface area contributed by atoms with E-state index in [1.165, 1.54) is 19.2 Å². The molecule has 0 aliphatic heterocycles. The van der Waals surface area contributed by atoms with Crippen molar-refractivity contribution in [3.05, 3.63) is 58.0 Å². The summed E-state index contributed by atoms with van der Waals surface area (Å²) in [5.74, 6) is -0.714. The average Bonchev–Trinajstić information content (AvgIpc) is 2.93. The molecule has 0 aliphatic carbocycles. The molecule has 1 aromatic heterocycles. The van der Waals surface area contributed by atoms with Crippen LogP contribution in [-0.2, 0) is 16.1 Å². The average molecular weight is 279 g/mol. The number of hydrogen-bond acceptors (Lipinski definition) is 4. The first-order valence-corrected chi connectivity index (χ1v) is 6.67. The Balaban J connectivity index is 2.11. The SMILES string of the molecule is COC(=O)C(NCc1cccs1)c1ccc(F)cc1. The van der Waals surface area contributed by atoms with Gasteiger partial charge in [0.1, 0.15) is 11.9 Å². The minimum absolute atomic E-state index is 0.328. The maximum Gasteiger partial charge on any atom is 0.327 e. The van der Waals surface area contributed by atoms with Crippen molar-refractivity contribution in [2.75, 3.05) is 7.11 Å². The van der Waals surface area contributed by atoms with E-state index in [2.05, 4.69) is 5.32 Å². The Morgan fingerprint density at radius 1 is 1.37 bits per heavy atom. The fourth-order valence-electron chi connectivity index (χ4n) is 1.73. The number of methoxy groups -OCH3 is 1. The molecule has 0 radical (unpaired) electrons. The van der Waals surface area contributed by atoms with E-state index in [-0.39, 0.29) is 11.8 Å². The molecule has 2 rings (SSSR count). The van der Waals surface area contributed by atoms with Crippen molar-refractivity contribution in [3.63, 3.8) is 0 Å².